The van der Waals surface area contributed by atoms with Crippen LogP contribution < -0.4 is 11.1 Å². The van der Waals surface area contributed by atoms with Crippen molar-refractivity contribution in [3.05, 3.63) is 0 Å². The van der Waals surface area contributed by atoms with Gasteiger partial charge in [0.05, 0.1) is 0 Å². The van der Waals surface area contributed by atoms with Gasteiger partial charge in [-0.05, 0) is 12.3 Å². The van der Waals surface area contributed by atoms with Gasteiger partial charge in [-0.25, -0.2) is 4.79 Å². The number of hydrogen-bond donors (Lipinski definition) is 4. The molecule has 0 saturated heterocycles. The zero-order valence-electron chi connectivity index (χ0n) is 11.9. The Bertz CT molecular complexity index is 294. The molecular weight excluding hydrogens is 248 g/mol. The highest BCUT2D eigenvalue weighted by Gasteiger charge is 2.29. The van der Waals surface area contributed by atoms with Crippen LogP contribution in [0, 0.1) is 5.92 Å². The summed E-state index contributed by atoms with van der Waals surface area (Å²) in [6.07, 6.45) is 2.04. The van der Waals surface area contributed by atoms with Crippen molar-refractivity contribution < 1.29 is 19.8 Å². The molecule has 0 aromatic rings. The van der Waals surface area contributed by atoms with Gasteiger partial charge < -0.3 is 21.3 Å². The van der Waals surface area contributed by atoms with Crippen molar-refractivity contribution in [2.45, 2.75) is 64.6 Å². The van der Waals surface area contributed by atoms with Gasteiger partial charge in [0, 0.05) is 6.04 Å². The predicted octanol–water partition coefficient (Wildman–Crippen LogP) is 0.480. The number of unbranched alkanes of at least 4 members (excludes halogenated alkanes) is 2. The number of carbonyl (C=O) groups excluding carboxylic acids is 1. The molecule has 0 aromatic heterocycles. The quantitative estimate of drug-likeness (QED) is 0.457. The van der Waals surface area contributed by atoms with E-state index in [1.54, 1.807) is 13.8 Å². The third-order valence-electron chi connectivity index (χ3n) is 3.05. The molecule has 0 bridgehead atoms. The van der Waals surface area contributed by atoms with Gasteiger partial charge in [0.2, 0.25) is 0 Å². The van der Waals surface area contributed by atoms with Crippen molar-refractivity contribution in [3.63, 3.8) is 0 Å². The highest BCUT2D eigenvalue weighted by molar-refractivity contribution is 5.86. The lowest BCUT2D eigenvalue weighted by Crippen LogP contribution is -2.52. The number of aliphatic carboxylic acids is 1. The fourth-order valence-corrected chi connectivity index (χ4v) is 1.73. The van der Waals surface area contributed by atoms with Gasteiger partial charge in [-0.3, -0.25) is 4.79 Å². The van der Waals surface area contributed by atoms with Gasteiger partial charge in [-0.1, -0.05) is 40.0 Å². The number of hydrogen-bond acceptors (Lipinski definition) is 4. The molecule has 1 amide bonds. The molecule has 0 spiro atoms. The SMILES string of the molecule is CCCCC[C@H](N)[C@@H](O)C(=O)N[C@H](C(=O)O)C(C)C. The van der Waals surface area contributed by atoms with E-state index in [2.05, 4.69) is 12.2 Å². The van der Waals surface area contributed by atoms with Crippen LogP contribution in [0.25, 0.3) is 0 Å². The lowest BCUT2D eigenvalue weighted by Gasteiger charge is -2.23. The molecule has 0 aliphatic carbocycles. The number of carboxylic acids is 1. The highest BCUT2D eigenvalue weighted by Crippen LogP contribution is 2.07. The molecule has 0 aliphatic rings. The van der Waals surface area contributed by atoms with Crippen molar-refractivity contribution >= 4 is 11.9 Å². The third kappa shape index (κ3) is 6.54. The molecule has 0 aliphatic heterocycles. The van der Waals surface area contributed by atoms with E-state index in [0.717, 1.165) is 19.3 Å². The van der Waals surface area contributed by atoms with Gasteiger partial charge in [0.15, 0.2) is 0 Å². The highest BCUT2D eigenvalue weighted by atomic mass is 16.4. The summed E-state index contributed by atoms with van der Waals surface area (Å²) in [6, 6.07) is -1.67. The van der Waals surface area contributed by atoms with E-state index in [1.165, 1.54) is 0 Å². The smallest absolute Gasteiger partial charge is 0.326 e. The lowest BCUT2D eigenvalue weighted by molar-refractivity contribution is -0.145. The fourth-order valence-electron chi connectivity index (χ4n) is 1.73. The Morgan fingerprint density at radius 2 is 1.84 bits per heavy atom. The third-order valence-corrected chi connectivity index (χ3v) is 3.05. The average molecular weight is 274 g/mol. The van der Waals surface area contributed by atoms with E-state index in [0.29, 0.717) is 6.42 Å². The monoisotopic (exact) mass is 274 g/mol. The molecule has 0 heterocycles. The molecule has 6 heteroatoms. The molecule has 0 unspecified atom stereocenters. The molecule has 5 N–H and O–H groups in total. The number of carbonyl (C=O) groups is 2. The standard InChI is InChI=1S/C13H26N2O4/c1-4-5-6-7-9(14)11(16)12(17)15-10(8(2)3)13(18)19/h8-11,16H,4-7,14H2,1-3H3,(H,15,17)(H,18,19)/t9-,10-,11+/m0/s1. The average Bonchev–Trinajstić information content (AvgIpc) is 2.33. The van der Waals surface area contributed by atoms with Crippen LogP contribution in [0.15, 0.2) is 0 Å². The zero-order valence-corrected chi connectivity index (χ0v) is 11.9. The van der Waals surface area contributed by atoms with Gasteiger partial charge in [-0.2, -0.15) is 0 Å². The Balaban J connectivity index is 4.35. The molecule has 0 fully saturated rings. The maximum Gasteiger partial charge on any atom is 0.326 e. The van der Waals surface area contributed by atoms with Crippen molar-refractivity contribution in [1.82, 2.24) is 5.32 Å². The minimum absolute atomic E-state index is 0.259. The Morgan fingerprint density at radius 1 is 1.26 bits per heavy atom. The number of nitrogens with one attached hydrogen (secondary N) is 1. The zero-order chi connectivity index (χ0) is 15.0. The first-order valence-corrected chi connectivity index (χ1v) is 6.78. The maximum absolute atomic E-state index is 11.7. The topological polar surface area (TPSA) is 113 Å². The van der Waals surface area contributed by atoms with Crippen LogP contribution in [-0.4, -0.2) is 40.3 Å². The van der Waals surface area contributed by atoms with Gasteiger partial charge in [0.25, 0.3) is 5.91 Å². The second-order valence-electron chi connectivity index (χ2n) is 5.17. The summed E-state index contributed by atoms with van der Waals surface area (Å²) in [6.45, 7) is 5.42. The molecule has 0 radical (unpaired) electrons. The summed E-state index contributed by atoms with van der Waals surface area (Å²) in [4.78, 5) is 22.7. The Morgan fingerprint density at radius 3 is 2.26 bits per heavy atom. The largest absolute Gasteiger partial charge is 0.480 e. The molecule has 112 valence electrons. The van der Waals surface area contributed by atoms with E-state index in [1.807, 2.05) is 0 Å². The van der Waals surface area contributed by atoms with Crippen LogP contribution in [0.4, 0.5) is 0 Å². The molecule has 0 rings (SSSR count). The summed E-state index contributed by atoms with van der Waals surface area (Å²) in [5.74, 6) is -2.09. The number of amides is 1. The van der Waals surface area contributed by atoms with Crippen molar-refractivity contribution in [2.24, 2.45) is 11.7 Å². The number of aliphatic hydroxyl groups excluding tert-OH is 1. The second kappa shape index (κ2) is 8.87. The predicted molar refractivity (Wildman–Crippen MR) is 72.5 cm³/mol. The minimum atomic E-state index is -1.36. The molecule has 3 atom stereocenters. The number of rotatable bonds is 9. The van der Waals surface area contributed by atoms with Crippen LogP contribution in [0.1, 0.15) is 46.5 Å². The van der Waals surface area contributed by atoms with E-state index in [4.69, 9.17) is 10.8 Å². The molecule has 19 heavy (non-hydrogen) atoms. The normalized spacial score (nSPS) is 15.9. The second-order valence-corrected chi connectivity index (χ2v) is 5.17. The fraction of sp³-hybridized carbons (Fsp3) is 0.846. The van der Waals surface area contributed by atoms with E-state index in [-0.39, 0.29) is 5.92 Å². The van der Waals surface area contributed by atoms with Crippen LogP contribution in [-0.2, 0) is 9.59 Å². The van der Waals surface area contributed by atoms with Crippen molar-refractivity contribution in [2.75, 3.05) is 0 Å². The van der Waals surface area contributed by atoms with Crippen molar-refractivity contribution in [1.29, 1.82) is 0 Å². The first-order valence-electron chi connectivity index (χ1n) is 6.78. The summed E-state index contributed by atoms with van der Waals surface area (Å²) < 4.78 is 0. The first kappa shape index (κ1) is 17.9. The Hall–Kier alpha value is -1.14. The summed E-state index contributed by atoms with van der Waals surface area (Å²) >= 11 is 0. The van der Waals surface area contributed by atoms with E-state index >= 15 is 0 Å². The van der Waals surface area contributed by atoms with Crippen LogP contribution >= 0.6 is 0 Å². The van der Waals surface area contributed by atoms with E-state index in [9.17, 15) is 14.7 Å². The number of carboxylic acid groups (broad SMARTS) is 1. The van der Waals surface area contributed by atoms with Crippen LogP contribution in [0.2, 0.25) is 0 Å². The Labute approximate surface area is 114 Å². The molecule has 0 saturated carbocycles. The van der Waals surface area contributed by atoms with Crippen molar-refractivity contribution in [3.8, 4) is 0 Å². The summed E-state index contributed by atoms with van der Waals surface area (Å²) in [5, 5.41) is 21.0. The van der Waals surface area contributed by atoms with E-state index < -0.39 is 30.1 Å². The van der Waals surface area contributed by atoms with Gasteiger partial charge in [0.1, 0.15) is 12.1 Å². The van der Waals surface area contributed by atoms with Crippen LogP contribution in [0.3, 0.4) is 0 Å². The summed E-state index contributed by atoms with van der Waals surface area (Å²) in [7, 11) is 0. The maximum atomic E-state index is 11.7. The lowest BCUT2D eigenvalue weighted by atomic mass is 10.0. The molecule has 6 nitrogen and oxygen atoms in total. The summed E-state index contributed by atoms with van der Waals surface area (Å²) in [5.41, 5.74) is 5.73. The number of aliphatic hydroxyl groups is 1. The molecule has 0 aromatic carbocycles. The van der Waals surface area contributed by atoms with Gasteiger partial charge in [-0.15, -0.1) is 0 Å². The van der Waals surface area contributed by atoms with Gasteiger partial charge >= 0.3 is 5.97 Å². The minimum Gasteiger partial charge on any atom is -0.480 e. The Kier molecular flexibility index (Phi) is 8.34. The number of nitrogens with two attached hydrogens (primary N) is 1. The van der Waals surface area contributed by atoms with Crippen LogP contribution in [0.5, 0.6) is 0 Å². The molecular formula is C13H26N2O4. The first-order chi connectivity index (χ1) is 8.81.